The van der Waals surface area contributed by atoms with Crippen molar-refractivity contribution < 1.29 is 14.2 Å². The van der Waals surface area contributed by atoms with E-state index in [9.17, 15) is 0 Å². The van der Waals surface area contributed by atoms with E-state index in [2.05, 4.69) is 15.6 Å². The molecule has 1 aliphatic heterocycles. The van der Waals surface area contributed by atoms with E-state index in [-0.39, 0.29) is 6.10 Å². The van der Waals surface area contributed by atoms with Gasteiger partial charge in [0, 0.05) is 38.4 Å². The van der Waals surface area contributed by atoms with E-state index >= 15 is 0 Å². The van der Waals surface area contributed by atoms with Crippen LogP contribution in [-0.4, -0.2) is 58.6 Å². The zero-order valence-corrected chi connectivity index (χ0v) is 16.5. The van der Waals surface area contributed by atoms with E-state index in [1.165, 1.54) is 0 Å². The Balaban J connectivity index is 1.50. The predicted octanol–water partition coefficient (Wildman–Crippen LogP) is 2.78. The number of aryl methyl sites for hydroxylation is 1. The minimum Gasteiger partial charge on any atom is -0.493 e. The molecule has 7 heteroatoms. The van der Waals surface area contributed by atoms with Crippen LogP contribution < -0.4 is 15.4 Å². The largest absolute Gasteiger partial charge is 0.493 e. The number of guanidine groups is 1. The molecule has 2 N–H and O–H groups in total. The van der Waals surface area contributed by atoms with Gasteiger partial charge in [0.2, 0.25) is 0 Å². The molecule has 1 heterocycles. The molecule has 1 fully saturated rings. The van der Waals surface area contributed by atoms with Crippen LogP contribution in [0.3, 0.4) is 0 Å². The second kappa shape index (κ2) is 12.0. The van der Waals surface area contributed by atoms with E-state index in [0.717, 1.165) is 74.5 Å². The Hall–Kier alpha value is -1.50. The van der Waals surface area contributed by atoms with Crippen LogP contribution in [-0.2, 0) is 9.47 Å². The van der Waals surface area contributed by atoms with Crippen LogP contribution in [0.25, 0.3) is 0 Å². The molecule has 0 spiro atoms. The Bertz CT molecular complexity index is 563. The first kappa shape index (κ1) is 20.8. The minimum absolute atomic E-state index is 0.275. The average molecular weight is 384 g/mol. The zero-order valence-electron chi connectivity index (χ0n) is 15.7. The lowest BCUT2D eigenvalue weighted by molar-refractivity contribution is 0.0420. The number of benzene rings is 1. The van der Waals surface area contributed by atoms with Gasteiger partial charge in [-0.3, -0.25) is 4.99 Å². The monoisotopic (exact) mass is 383 g/mol. The van der Waals surface area contributed by atoms with Gasteiger partial charge in [-0.25, -0.2) is 0 Å². The van der Waals surface area contributed by atoms with Gasteiger partial charge in [0.05, 0.1) is 19.3 Å². The van der Waals surface area contributed by atoms with Crippen LogP contribution in [0.15, 0.2) is 23.2 Å². The molecule has 1 aromatic carbocycles. The molecular formula is C19H30ClN3O3. The van der Waals surface area contributed by atoms with Gasteiger partial charge in [-0.1, -0.05) is 11.6 Å². The highest BCUT2D eigenvalue weighted by Gasteiger charge is 2.15. The van der Waals surface area contributed by atoms with Crippen molar-refractivity contribution in [2.24, 2.45) is 4.99 Å². The second-order valence-electron chi connectivity index (χ2n) is 6.25. The Kier molecular flexibility index (Phi) is 9.60. The Morgan fingerprint density at radius 2 is 2.04 bits per heavy atom. The molecule has 1 aromatic rings. The van der Waals surface area contributed by atoms with Gasteiger partial charge in [-0.2, -0.15) is 0 Å². The molecule has 146 valence electrons. The lowest BCUT2D eigenvalue weighted by Gasteiger charge is -2.14. The van der Waals surface area contributed by atoms with Gasteiger partial charge in [0.25, 0.3) is 0 Å². The quantitative estimate of drug-likeness (QED) is 0.369. The number of rotatable bonds is 10. The average Bonchev–Trinajstić information content (AvgIpc) is 3.14. The molecule has 1 saturated heterocycles. The van der Waals surface area contributed by atoms with Gasteiger partial charge in [0.15, 0.2) is 5.96 Å². The molecule has 6 nitrogen and oxygen atoms in total. The summed E-state index contributed by atoms with van der Waals surface area (Å²) >= 11 is 5.95. The maximum atomic E-state index is 5.95. The summed E-state index contributed by atoms with van der Waals surface area (Å²) in [6.45, 7) is 6.55. The number of hydrogen-bond acceptors (Lipinski definition) is 4. The summed E-state index contributed by atoms with van der Waals surface area (Å²) in [6.07, 6.45) is 3.11. The van der Waals surface area contributed by atoms with E-state index in [0.29, 0.717) is 6.61 Å². The fraction of sp³-hybridized carbons (Fsp3) is 0.632. The fourth-order valence-corrected chi connectivity index (χ4v) is 2.86. The highest BCUT2D eigenvalue weighted by molar-refractivity contribution is 6.30. The smallest absolute Gasteiger partial charge is 0.190 e. The Labute approximate surface area is 161 Å². The second-order valence-corrected chi connectivity index (χ2v) is 6.68. The van der Waals surface area contributed by atoms with Gasteiger partial charge >= 0.3 is 0 Å². The van der Waals surface area contributed by atoms with Crippen molar-refractivity contribution in [2.75, 3.05) is 46.6 Å². The van der Waals surface area contributed by atoms with Crippen molar-refractivity contribution in [1.29, 1.82) is 0 Å². The zero-order chi connectivity index (χ0) is 18.6. The molecule has 1 atom stereocenters. The summed E-state index contributed by atoms with van der Waals surface area (Å²) in [5.74, 6) is 1.68. The molecule has 0 aromatic heterocycles. The van der Waals surface area contributed by atoms with E-state index < -0.39 is 0 Å². The van der Waals surface area contributed by atoms with Crippen LogP contribution in [0.5, 0.6) is 5.75 Å². The summed E-state index contributed by atoms with van der Waals surface area (Å²) in [4.78, 5) is 4.22. The van der Waals surface area contributed by atoms with Crippen LogP contribution >= 0.6 is 11.6 Å². The maximum absolute atomic E-state index is 5.95. The van der Waals surface area contributed by atoms with Gasteiger partial charge < -0.3 is 24.8 Å². The third-order valence-electron chi connectivity index (χ3n) is 4.09. The Morgan fingerprint density at radius 1 is 1.27 bits per heavy atom. The number of aliphatic imine (C=N–C) groups is 1. The van der Waals surface area contributed by atoms with Crippen LogP contribution in [0.4, 0.5) is 0 Å². The summed E-state index contributed by atoms with van der Waals surface area (Å²) in [7, 11) is 1.77. The molecule has 26 heavy (non-hydrogen) atoms. The van der Waals surface area contributed by atoms with Crippen molar-refractivity contribution in [1.82, 2.24) is 10.6 Å². The van der Waals surface area contributed by atoms with Crippen LogP contribution in [0.2, 0.25) is 5.02 Å². The number of ether oxygens (including phenoxy) is 3. The predicted molar refractivity (Wildman–Crippen MR) is 105 cm³/mol. The van der Waals surface area contributed by atoms with Crippen molar-refractivity contribution in [3.63, 3.8) is 0 Å². The lowest BCUT2D eigenvalue weighted by atomic mass is 10.2. The van der Waals surface area contributed by atoms with Crippen molar-refractivity contribution in [3.05, 3.63) is 28.8 Å². The topological polar surface area (TPSA) is 64.1 Å². The maximum Gasteiger partial charge on any atom is 0.190 e. The standard InChI is InChI=1S/C19H30ClN3O3/c1-15-13-16(20)5-6-18(15)26-11-4-9-23-19(21-2)22-8-3-10-25-17-7-12-24-14-17/h5-6,13,17H,3-4,7-12,14H2,1-2H3,(H2,21,22,23). The third-order valence-corrected chi connectivity index (χ3v) is 4.32. The van der Waals surface area contributed by atoms with Gasteiger partial charge in [-0.15, -0.1) is 0 Å². The van der Waals surface area contributed by atoms with Crippen molar-refractivity contribution in [2.45, 2.75) is 32.3 Å². The summed E-state index contributed by atoms with van der Waals surface area (Å²) in [5, 5.41) is 7.31. The molecule has 0 radical (unpaired) electrons. The van der Waals surface area contributed by atoms with Crippen molar-refractivity contribution in [3.8, 4) is 5.75 Å². The molecule has 1 aliphatic rings. The number of nitrogens with zero attached hydrogens (tertiary/aromatic N) is 1. The Morgan fingerprint density at radius 3 is 2.69 bits per heavy atom. The van der Waals surface area contributed by atoms with Crippen molar-refractivity contribution >= 4 is 17.6 Å². The lowest BCUT2D eigenvalue weighted by Crippen LogP contribution is -2.38. The van der Waals surface area contributed by atoms with Crippen LogP contribution in [0, 0.1) is 6.92 Å². The summed E-state index contributed by atoms with van der Waals surface area (Å²) < 4.78 is 16.8. The molecular weight excluding hydrogens is 354 g/mol. The molecule has 2 rings (SSSR count). The first-order valence-corrected chi connectivity index (χ1v) is 9.59. The number of nitrogens with one attached hydrogen (secondary N) is 2. The van der Waals surface area contributed by atoms with E-state index in [4.69, 9.17) is 25.8 Å². The fourth-order valence-electron chi connectivity index (χ4n) is 2.63. The summed E-state index contributed by atoms with van der Waals surface area (Å²) in [5.41, 5.74) is 1.05. The summed E-state index contributed by atoms with van der Waals surface area (Å²) in [6, 6.07) is 5.66. The van der Waals surface area contributed by atoms with Gasteiger partial charge in [0.1, 0.15) is 5.75 Å². The molecule has 0 amide bonds. The highest BCUT2D eigenvalue weighted by atomic mass is 35.5. The molecule has 0 saturated carbocycles. The normalized spacial score (nSPS) is 17.3. The highest BCUT2D eigenvalue weighted by Crippen LogP contribution is 2.21. The van der Waals surface area contributed by atoms with Crippen LogP contribution in [0.1, 0.15) is 24.8 Å². The molecule has 0 aliphatic carbocycles. The first-order chi connectivity index (χ1) is 12.7. The number of hydrogen-bond donors (Lipinski definition) is 2. The number of halogens is 1. The third kappa shape index (κ3) is 7.81. The molecule has 1 unspecified atom stereocenters. The van der Waals surface area contributed by atoms with E-state index in [1.54, 1.807) is 7.05 Å². The SMILES string of the molecule is CN=C(NCCCOc1ccc(Cl)cc1C)NCCCOC1CCOC1. The molecule has 0 bridgehead atoms. The van der Waals surface area contributed by atoms with Gasteiger partial charge in [-0.05, 0) is 49.9 Å². The minimum atomic E-state index is 0.275. The van der Waals surface area contributed by atoms with E-state index in [1.807, 2.05) is 25.1 Å². The first-order valence-electron chi connectivity index (χ1n) is 9.22.